The number of nitrogens with one attached hydrogen (secondary N) is 1. The predicted octanol–water partition coefficient (Wildman–Crippen LogP) is 1.24. The SMILES string of the molecule is CCN1CCc2nc(NC(=O)Cn3nc4n(c3=O)CCCCC4)sc2C1. The van der Waals surface area contributed by atoms with Crippen LogP contribution in [0.5, 0.6) is 0 Å². The largest absolute Gasteiger partial charge is 0.346 e. The van der Waals surface area contributed by atoms with Crippen molar-refractivity contribution in [3.8, 4) is 0 Å². The fourth-order valence-corrected chi connectivity index (χ4v) is 4.66. The first-order valence-electron chi connectivity index (χ1n) is 9.31. The molecule has 0 atom stereocenters. The number of amides is 1. The third-order valence-corrected chi connectivity index (χ3v) is 6.08. The smallest absolute Gasteiger partial charge is 0.300 e. The maximum atomic E-state index is 12.4. The molecule has 1 amide bonds. The van der Waals surface area contributed by atoms with E-state index in [1.165, 1.54) is 20.9 Å². The zero-order valence-corrected chi connectivity index (χ0v) is 15.8. The molecule has 2 aromatic heterocycles. The van der Waals surface area contributed by atoms with Gasteiger partial charge in [-0.3, -0.25) is 14.3 Å². The Balaban J connectivity index is 1.44. The molecule has 8 nitrogen and oxygen atoms in total. The van der Waals surface area contributed by atoms with Gasteiger partial charge in [0.05, 0.1) is 5.69 Å². The summed E-state index contributed by atoms with van der Waals surface area (Å²) in [5.74, 6) is 0.545. The molecule has 140 valence electrons. The highest BCUT2D eigenvalue weighted by Gasteiger charge is 2.21. The van der Waals surface area contributed by atoms with E-state index in [4.69, 9.17) is 0 Å². The number of likely N-dealkylation sites (N-methyl/N-ethyl adjacent to an activating group) is 1. The van der Waals surface area contributed by atoms with E-state index in [1.807, 2.05) is 0 Å². The minimum atomic E-state index is -0.251. The van der Waals surface area contributed by atoms with Gasteiger partial charge in [0.2, 0.25) is 5.91 Å². The fourth-order valence-electron chi connectivity index (χ4n) is 3.59. The van der Waals surface area contributed by atoms with Crippen LogP contribution in [0, 0.1) is 0 Å². The van der Waals surface area contributed by atoms with Crippen LogP contribution in [-0.2, 0) is 37.3 Å². The Hall–Kier alpha value is -2.00. The van der Waals surface area contributed by atoms with E-state index in [9.17, 15) is 9.59 Å². The first-order chi connectivity index (χ1) is 12.6. The Kier molecular flexibility index (Phi) is 4.90. The van der Waals surface area contributed by atoms with Crippen molar-refractivity contribution in [2.45, 2.75) is 58.7 Å². The predicted molar refractivity (Wildman–Crippen MR) is 99.4 cm³/mol. The molecule has 9 heteroatoms. The molecule has 2 aliphatic rings. The van der Waals surface area contributed by atoms with Crippen LogP contribution < -0.4 is 11.0 Å². The van der Waals surface area contributed by atoms with Gasteiger partial charge in [-0.2, -0.15) is 5.10 Å². The summed E-state index contributed by atoms with van der Waals surface area (Å²) in [4.78, 5) is 33.0. The Morgan fingerprint density at radius 2 is 2.12 bits per heavy atom. The van der Waals surface area contributed by atoms with E-state index >= 15 is 0 Å². The molecule has 0 saturated heterocycles. The molecule has 0 radical (unpaired) electrons. The van der Waals surface area contributed by atoms with Crippen molar-refractivity contribution in [1.29, 1.82) is 0 Å². The van der Waals surface area contributed by atoms with Crippen LogP contribution >= 0.6 is 11.3 Å². The highest BCUT2D eigenvalue weighted by atomic mass is 32.1. The van der Waals surface area contributed by atoms with Gasteiger partial charge in [0.1, 0.15) is 12.4 Å². The van der Waals surface area contributed by atoms with Crippen LogP contribution in [0.3, 0.4) is 0 Å². The minimum absolute atomic E-state index is 0.0653. The number of aromatic nitrogens is 4. The zero-order valence-electron chi connectivity index (χ0n) is 15.0. The van der Waals surface area contributed by atoms with Gasteiger partial charge in [0.25, 0.3) is 0 Å². The van der Waals surface area contributed by atoms with Crippen LogP contribution in [0.2, 0.25) is 0 Å². The average Bonchev–Trinajstić information content (AvgIpc) is 3.05. The highest BCUT2D eigenvalue weighted by Crippen LogP contribution is 2.28. The molecule has 0 aromatic carbocycles. The van der Waals surface area contributed by atoms with Gasteiger partial charge in [-0.25, -0.2) is 14.5 Å². The number of anilines is 1. The van der Waals surface area contributed by atoms with Gasteiger partial charge in [-0.05, 0) is 19.4 Å². The number of thiazole rings is 1. The van der Waals surface area contributed by atoms with Gasteiger partial charge in [0, 0.05) is 37.4 Å². The first-order valence-corrected chi connectivity index (χ1v) is 10.1. The van der Waals surface area contributed by atoms with Crippen molar-refractivity contribution < 1.29 is 4.79 Å². The van der Waals surface area contributed by atoms with Crippen molar-refractivity contribution in [1.82, 2.24) is 24.2 Å². The van der Waals surface area contributed by atoms with Crippen molar-refractivity contribution in [2.75, 3.05) is 18.4 Å². The van der Waals surface area contributed by atoms with Gasteiger partial charge >= 0.3 is 5.69 Å². The summed E-state index contributed by atoms with van der Waals surface area (Å²) in [6, 6.07) is 0. The molecule has 0 unspecified atom stereocenters. The normalized spacial score (nSPS) is 17.4. The van der Waals surface area contributed by atoms with Gasteiger partial charge in [-0.15, -0.1) is 11.3 Å². The quantitative estimate of drug-likeness (QED) is 0.868. The molecule has 2 aromatic rings. The lowest BCUT2D eigenvalue weighted by atomic mass is 10.2. The lowest BCUT2D eigenvalue weighted by molar-refractivity contribution is -0.117. The van der Waals surface area contributed by atoms with Gasteiger partial charge < -0.3 is 5.32 Å². The zero-order chi connectivity index (χ0) is 18.1. The second kappa shape index (κ2) is 7.32. The van der Waals surface area contributed by atoms with E-state index in [0.29, 0.717) is 11.7 Å². The molecule has 0 saturated carbocycles. The number of carbonyl (C=O) groups is 1. The van der Waals surface area contributed by atoms with Crippen LogP contribution in [0.4, 0.5) is 5.13 Å². The maximum Gasteiger partial charge on any atom is 0.346 e. The molecular weight excluding hydrogens is 352 g/mol. The Labute approximate surface area is 155 Å². The molecule has 0 spiro atoms. The number of aryl methyl sites for hydroxylation is 1. The summed E-state index contributed by atoms with van der Waals surface area (Å²) in [5, 5.41) is 7.82. The second-order valence-electron chi connectivity index (χ2n) is 6.87. The number of carbonyl (C=O) groups excluding carboxylic acids is 1. The molecular formula is C17H24N6O2S. The fraction of sp³-hybridized carbons (Fsp3) is 0.647. The summed E-state index contributed by atoms with van der Waals surface area (Å²) in [7, 11) is 0. The van der Waals surface area contributed by atoms with Gasteiger partial charge in [0.15, 0.2) is 5.13 Å². The summed E-state index contributed by atoms with van der Waals surface area (Å²) in [6.07, 6.45) is 4.87. The molecule has 0 bridgehead atoms. The third-order valence-electron chi connectivity index (χ3n) is 5.08. The van der Waals surface area contributed by atoms with Crippen molar-refractivity contribution in [3.63, 3.8) is 0 Å². The monoisotopic (exact) mass is 376 g/mol. The average molecular weight is 376 g/mol. The lowest BCUT2D eigenvalue weighted by Gasteiger charge is -2.23. The van der Waals surface area contributed by atoms with Crippen LogP contribution in [0.15, 0.2) is 4.79 Å². The first kappa shape index (κ1) is 17.4. The number of hydrogen-bond acceptors (Lipinski definition) is 6. The van der Waals surface area contributed by atoms with E-state index in [-0.39, 0.29) is 18.1 Å². The molecule has 26 heavy (non-hydrogen) atoms. The number of fused-ring (bicyclic) bond motifs is 2. The van der Waals surface area contributed by atoms with E-state index in [2.05, 4.69) is 27.2 Å². The summed E-state index contributed by atoms with van der Waals surface area (Å²) in [6.45, 7) is 5.71. The number of hydrogen-bond donors (Lipinski definition) is 1. The standard InChI is InChI=1S/C17H24N6O2S/c1-2-21-9-7-12-13(10-21)26-16(18-12)19-15(24)11-23-17(25)22-8-5-3-4-6-14(22)20-23/h2-11H2,1H3,(H,18,19,24). The van der Waals surface area contributed by atoms with Crippen LogP contribution in [0.25, 0.3) is 0 Å². The van der Waals surface area contributed by atoms with Crippen molar-refractivity contribution >= 4 is 22.4 Å². The molecule has 0 fully saturated rings. The summed E-state index contributed by atoms with van der Waals surface area (Å²) >= 11 is 1.53. The molecule has 4 rings (SSSR count). The minimum Gasteiger partial charge on any atom is -0.300 e. The van der Waals surface area contributed by atoms with Crippen molar-refractivity contribution in [2.24, 2.45) is 0 Å². The van der Waals surface area contributed by atoms with Gasteiger partial charge in [-0.1, -0.05) is 13.3 Å². The molecule has 4 heterocycles. The molecule has 0 aliphatic carbocycles. The summed E-state index contributed by atoms with van der Waals surface area (Å²) < 4.78 is 2.99. The van der Waals surface area contributed by atoms with Crippen LogP contribution in [-0.4, -0.2) is 43.2 Å². The second-order valence-corrected chi connectivity index (χ2v) is 7.96. The third kappa shape index (κ3) is 3.45. The van der Waals surface area contributed by atoms with Crippen LogP contribution in [0.1, 0.15) is 42.6 Å². The highest BCUT2D eigenvalue weighted by molar-refractivity contribution is 7.15. The molecule has 1 N–H and O–H groups in total. The molecule has 2 aliphatic heterocycles. The van der Waals surface area contributed by atoms with E-state index in [1.54, 1.807) is 4.57 Å². The van der Waals surface area contributed by atoms with E-state index in [0.717, 1.165) is 63.3 Å². The number of nitrogens with zero attached hydrogens (tertiary/aromatic N) is 5. The van der Waals surface area contributed by atoms with E-state index < -0.39 is 0 Å². The lowest BCUT2D eigenvalue weighted by Crippen LogP contribution is -2.30. The Bertz CT molecular complexity index is 867. The Morgan fingerprint density at radius 1 is 1.23 bits per heavy atom. The summed E-state index contributed by atoms with van der Waals surface area (Å²) in [5.41, 5.74) is 0.898. The number of rotatable bonds is 4. The Morgan fingerprint density at radius 3 is 2.96 bits per heavy atom. The topological polar surface area (TPSA) is 85.1 Å². The van der Waals surface area contributed by atoms with Crippen molar-refractivity contribution in [3.05, 3.63) is 26.9 Å². The maximum absolute atomic E-state index is 12.4.